The molecule has 0 atom stereocenters. The van der Waals surface area contributed by atoms with Crippen molar-refractivity contribution in [2.75, 3.05) is 0 Å². The van der Waals surface area contributed by atoms with E-state index in [0.717, 1.165) is 0 Å². The molecule has 0 aliphatic heterocycles. The van der Waals surface area contributed by atoms with E-state index in [9.17, 15) is 15.2 Å². The van der Waals surface area contributed by atoms with Crippen LogP contribution in [0.25, 0.3) is 5.78 Å². The van der Waals surface area contributed by atoms with Gasteiger partial charge in [-0.2, -0.15) is 14.6 Å². The maximum atomic E-state index is 10.8. The molecule has 8 heteroatoms. The van der Waals surface area contributed by atoms with Gasteiger partial charge in [0, 0.05) is 24.1 Å². The zero-order valence-electron chi connectivity index (χ0n) is 11.1. The third kappa shape index (κ3) is 2.27. The first kappa shape index (κ1) is 13.0. The van der Waals surface area contributed by atoms with Gasteiger partial charge in [-0.25, -0.2) is 4.98 Å². The van der Waals surface area contributed by atoms with Gasteiger partial charge in [0.25, 0.3) is 11.5 Å². The molecule has 106 valence electrons. The molecule has 2 heterocycles. The summed E-state index contributed by atoms with van der Waals surface area (Å²) in [5.74, 6) is 0.259. The summed E-state index contributed by atoms with van der Waals surface area (Å²) in [5, 5.41) is 24.9. The Morgan fingerprint density at radius 2 is 2.24 bits per heavy atom. The van der Waals surface area contributed by atoms with Crippen LogP contribution in [0.1, 0.15) is 16.8 Å². The van der Waals surface area contributed by atoms with Gasteiger partial charge in [-0.1, -0.05) is 12.1 Å². The number of benzene rings is 1. The zero-order valence-corrected chi connectivity index (χ0v) is 11.1. The first-order chi connectivity index (χ1) is 10.1. The van der Waals surface area contributed by atoms with Crippen molar-refractivity contribution in [3.63, 3.8) is 0 Å². The van der Waals surface area contributed by atoms with E-state index in [2.05, 4.69) is 15.1 Å². The molecule has 0 fully saturated rings. The molecule has 0 aliphatic carbocycles. The Kier molecular flexibility index (Phi) is 2.98. The van der Waals surface area contributed by atoms with Crippen molar-refractivity contribution < 1.29 is 10.0 Å². The average Bonchev–Trinajstić information content (AvgIpc) is 2.92. The first-order valence-electron chi connectivity index (χ1n) is 6.18. The average molecular weight is 285 g/mol. The van der Waals surface area contributed by atoms with E-state index in [-0.39, 0.29) is 11.6 Å². The SMILES string of the molecule is Cc1nc2ncnn2c(O)c1Cc1cccc([N+](=O)[O-])c1. The Balaban J connectivity index is 2.05. The van der Waals surface area contributed by atoms with Crippen LogP contribution in [-0.2, 0) is 6.42 Å². The van der Waals surface area contributed by atoms with Crippen LogP contribution in [0, 0.1) is 17.0 Å². The van der Waals surface area contributed by atoms with E-state index in [1.54, 1.807) is 19.1 Å². The molecule has 0 amide bonds. The fourth-order valence-electron chi connectivity index (χ4n) is 2.16. The second-order valence-electron chi connectivity index (χ2n) is 4.58. The molecule has 0 spiro atoms. The number of hydrogen-bond donors (Lipinski definition) is 1. The predicted molar refractivity (Wildman–Crippen MR) is 73.1 cm³/mol. The minimum absolute atomic E-state index is 0.0134. The molecule has 1 aromatic carbocycles. The largest absolute Gasteiger partial charge is 0.493 e. The van der Waals surface area contributed by atoms with Crippen LogP contribution in [0.4, 0.5) is 5.69 Å². The van der Waals surface area contributed by atoms with Gasteiger partial charge in [0.15, 0.2) is 0 Å². The molecule has 0 radical (unpaired) electrons. The lowest BCUT2D eigenvalue weighted by Gasteiger charge is -2.08. The van der Waals surface area contributed by atoms with Gasteiger partial charge in [0.1, 0.15) is 6.33 Å². The van der Waals surface area contributed by atoms with Crippen LogP contribution in [0.3, 0.4) is 0 Å². The monoisotopic (exact) mass is 285 g/mol. The Morgan fingerprint density at radius 3 is 3.00 bits per heavy atom. The Hall–Kier alpha value is -3.03. The van der Waals surface area contributed by atoms with Gasteiger partial charge >= 0.3 is 0 Å². The van der Waals surface area contributed by atoms with Crippen LogP contribution in [0.5, 0.6) is 5.88 Å². The molecule has 0 aliphatic rings. The summed E-state index contributed by atoms with van der Waals surface area (Å²) >= 11 is 0. The van der Waals surface area contributed by atoms with Crippen molar-refractivity contribution in [3.8, 4) is 5.88 Å². The number of nitro groups is 1. The molecule has 0 unspecified atom stereocenters. The Labute approximate surface area is 118 Å². The first-order valence-corrected chi connectivity index (χ1v) is 6.18. The van der Waals surface area contributed by atoms with Crippen LogP contribution in [-0.4, -0.2) is 29.6 Å². The molecule has 0 bridgehead atoms. The Bertz CT molecular complexity index is 843. The van der Waals surface area contributed by atoms with E-state index in [4.69, 9.17) is 0 Å². The van der Waals surface area contributed by atoms with E-state index >= 15 is 0 Å². The number of aromatic nitrogens is 4. The fourth-order valence-corrected chi connectivity index (χ4v) is 2.16. The summed E-state index contributed by atoms with van der Waals surface area (Å²) in [6.45, 7) is 1.75. The third-order valence-corrected chi connectivity index (χ3v) is 3.21. The normalized spacial score (nSPS) is 10.9. The topological polar surface area (TPSA) is 106 Å². The van der Waals surface area contributed by atoms with E-state index < -0.39 is 4.92 Å². The predicted octanol–water partition coefficient (Wildman–Crippen LogP) is 1.64. The molecular formula is C13H11N5O3. The molecule has 21 heavy (non-hydrogen) atoms. The van der Waals surface area contributed by atoms with Gasteiger partial charge in [0.2, 0.25) is 5.88 Å². The molecular weight excluding hydrogens is 274 g/mol. The van der Waals surface area contributed by atoms with Crippen molar-refractivity contribution in [1.82, 2.24) is 19.6 Å². The second-order valence-corrected chi connectivity index (χ2v) is 4.58. The zero-order chi connectivity index (χ0) is 15.0. The highest BCUT2D eigenvalue weighted by molar-refractivity contribution is 5.44. The van der Waals surface area contributed by atoms with Crippen molar-refractivity contribution in [2.24, 2.45) is 0 Å². The molecule has 8 nitrogen and oxygen atoms in total. The summed E-state index contributed by atoms with van der Waals surface area (Å²) in [7, 11) is 0. The maximum Gasteiger partial charge on any atom is 0.269 e. The minimum atomic E-state index is -0.449. The van der Waals surface area contributed by atoms with Crippen LogP contribution < -0.4 is 0 Å². The van der Waals surface area contributed by atoms with Gasteiger partial charge in [-0.05, 0) is 12.5 Å². The van der Waals surface area contributed by atoms with E-state index in [0.29, 0.717) is 29.0 Å². The summed E-state index contributed by atoms with van der Waals surface area (Å²) in [6.07, 6.45) is 1.63. The van der Waals surface area contributed by atoms with Gasteiger partial charge in [-0.3, -0.25) is 10.1 Å². The summed E-state index contributed by atoms with van der Waals surface area (Å²) in [6, 6.07) is 6.28. The molecule has 2 aromatic heterocycles. The molecule has 1 N–H and O–H groups in total. The second kappa shape index (κ2) is 4.82. The summed E-state index contributed by atoms with van der Waals surface area (Å²) in [5.41, 5.74) is 1.90. The van der Waals surface area contributed by atoms with Crippen molar-refractivity contribution >= 4 is 11.5 Å². The van der Waals surface area contributed by atoms with E-state index in [1.165, 1.54) is 23.0 Å². The lowest BCUT2D eigenvalue weighted by atomic mass is 10.0. The number of nitro benzene ring substituents is 1. The number of aryl methyl sites for hydroxylation is 1. The standard InChI is InChI=1S/C13H11N5O3/c1-8-11(12(19)17-13(16-8)14-7-15-17)6-9-3-2-4-10(5-9)18(20)21/h2-5,7,19H,6H2,1H3. The molecule has 0 saturated heterocycles. The third-order valence-electron chi connectivity index (χ3n) is 3.21. The quantitative estimate of drug-likeness (QED) is 0.579. The number of non-ortho nitro benzene ring substituents is 1. The summed E-state index contributed by atoms with van der Waals surface area (Å²) < 4.78 is 1.24. The fraction of sp³-hybridized carbons (Fsp3) is 0.154. The smallest absolute Gasteiger partial charge is 0.269 e. The van der Waals surface area contributed by atoms with Gasteiger partial charge in [-0.15, -0.1) is 0 Å². The van der Waals surface area contributed by atoms with Crippen LogP contribution in [0.15, 0.2) is 30.6 Å². The molecule has 0 saturated carbocycles. The number of aromatic hydroxyl groups is 1. The minimum Gasteiger partial charge on any atom is -0.493 e. The number of nitrogens with zero attached hydrogens (tertiary/aromatic N) is 5. The summed E-state index contributed by atoms with van der Waals surface area (Å²) in [4.78, 5) is 18.5. The van der Waals surface area contributed by atoms with Crippen LogP contribution in [0.2, 0.25) is 0 Å². The lowest BCUT2D eigenvalue weighted by Crippen LogP contribution is -2.03. The van der Waals surface area contributed by atoms with Crippen molar-refractivity contribution in [1.29, 1.82) is 0 Å². The highest BCUT2D eigenvalue weighted by Crippen LogP contribution is 2.24. The van der Waals surface area contributed by atoms with Crippen molar-refractivity contribution in [2.45, 2.75) is 13.3 Å². The van der Waals surface area contributed by atoms with E-state index in [1.807, 2.05) is 0 Å². The number of rotatable bonds is 3. The molecule has 3 aromatic rings. The van der Waals surface area contributed by atoms with Gasteiger partial charge < -0.3 is 5.11 Å². The van der Waals surface area contributed by atoms with Crippen LogP contribution >= 0.6 is 0 Å². The Morgan fingerprint density at radius 1 is 1.43 bits per heavy atom. The number of hydrogen-bond acceptors (Lipinski definition) is 6. The lowest BCUT2D eigenvalue weighted by molar-refractivity contribution is -0.384. The molecule has 3 rings (SSSR count). The maximum absolute atomic E-state index is 10.8. The number of fused-ring (bicyclic) bond motifs is 1. The highest BCUT2D eigenvalue weighted by Gasteiger charge is 2.15. The highest BCUT2D eigenvalue weighted by atomic mass is 16.6. The van der Waals surface area contributed by atoms with Gasteiger partial charge in [0.05, 0.1) is 10.6 Å². The van der Waals surface area contributed by atoms with Crippen molar-refractivity contribution in [3.05, 3.63) is 57.5 Å².